The van der Waals surface area contributed by atoms with E-state index in [0.717, 1.165) is 31.6 Å². The Morgan fingerprint density at radius 3 is 2.75 bits per heavy atom. The number of hydrogen-bond donors (Lipinski definition) is 1. The van der Waals surface area contributed by atoms with Gasteiger partial charge in [-0.3, -0.25) is 9.69 Å². The van der Waals surface area contributed by atoms with Crippen molar-refractivity contribution in [2.75, 3.05) is 39.8 Å². The van der Waals surface area contributed by atoms with Crippen LogP contribution in [0.25, 0.3) is 11.0 Å². The molecule has 3 aromatic rings. The molecule has 6 nitrogen and oxygen atoms in total. The second-order valence-electron chi connectivity index (χ2n) is 7.11. The van der Waals surface area contributed by atoms with Crippen molar-refractivity contribution in [3.63, 3.8) is 0 Å². The smallest absolute Gasteiger partial charge is 0.349 e. The van der Waals surface area contributed by atoms with E-state index in [2.05, 4.69) is 39.0 Å². The maximum Gasteiger partial charge on any atom is 0.349 e. The third kappa shape index (κ3) is 4.01. The fraction of sp³-hybridized carbons (Fsp3) is 0.333. The van der Waals surface area contributed by atoms with Crippen molar-refractivity contribution in [3.05, 3.63) is 68.7 Å². The molecule has 0 saturated carbocycles. The highest BCUT2D eigenvalue weighted by Gasteiger charge is 2.25. The van der Waals surface area contributed by atoms with Gasteiger partial charge in [0.2, 0.25) is 0 Å². The minimum atomic E-state index is -0.608. The number of fused-ring (bicyclic) bond motifs is 1. The molecule has 1 fully saturated rings. The van der Waals surface area contributed by atoms with Gasteiger partial charge in [-0.2, -0.15) is 11.3 Å². The van der Waals surface area contributed by atoms with Crippen LogP contribution in [0.15, 0.2) is 56.4 Å². The molecule has 3 heterocycles. The lowest BCUT2D eigenvalue weighted by atomic mass is 10.1. The van der Waals surface area contributed by atoms with E-state index in [4.69, 9.17) is 4.42 Å². The van der Waals surface area contributed by atoms with E-state index < -0.39 is 11.5 Å². The Labute approximate surface area is 167 Å². The van der Waals surface area contributed by atoms with Crippen LogP contribution in [0.1, 0.15) is 22.0 Å². The molecule has 2 aromatic heterocycles. The van der Waals surface area contributed by atoms with Crippen molar-refractivity contribution in [1.82, 2.24) is 15.1 Å². The summed E-state index contributed by atoms with van der Waals surface area (Å²) in [5.41, 5.74) is 1.11. The van der Waals surface area contributed by atoms with Crippen LogP contribution < -0.4 is 10.9 Å². The molecule has 1 aromatic carbocycles. The number of carbonyl (C=O) groups is 1. The Kier molecular flexibility index (Phi) is 5.57. The van der Waals surface area contributed by atoms with E-state index in [1.807, 2.05) is 12.1 Å². The van der Waals surface area contributed by atoms with Gasteiger partial charge in [-0.05, 0) is 41.6 Å². The van der Waals surface area contributed by atoms with E-state index in [-0.39, 0.29) is 11.6 Å². The van der Waals surface area contributed by atoms with Crippen LogP contribution in [0.5, 0.6) is 0 Å². The Bertz CT molecular complexity index is 1010. The van der Waals surface area contributed by atoms with Crippen molar-refractivity contribution >= 4 is 28.2 Å². The molecule has 146 valence electrons. The standard InChI is InChI=1S/C21H23N3O3S/c1-23-7-9-24(10-8-23)18(16-6-11-28-14-16)13-22-20(25)17-12-15-4-2-3-5-19(15)27-21(17)26/h2-6,11-12,14,18H,7-10,13H2,1H3,(H,22,25)/t18-/m0/s1. The molecule has 1 aliphatic heterocycles. The van der Waals surface area contributed by atoms with Gasteiger partial charge in [-0.25, -0.2) is 4.79 Å². The van der Waals surface area contributed by atoms with Crippen LogP contribution in [0.2, 0.25) is 0 Å². The first kappa shape index (κ1) is 18.9. The number of nitrogens with one attached hydrogen (secondary N) is 1. The predicted octanol–water partition coefficient (Wildman–Crippen LogP) is 2.57. The predicted molar refractivity (Wildman–Crippen MR) is 111 cm³/mol. The Hall–Kier alpha value is -2.48. The maximum absolute atomic E-state index is 12.7. The highest BCUT2D eigenvalue weighted by Crippen LogP contribution is 2.24. The topological polar surface area (TPSA) is 65.8 Å². The number of piperazine rings is 1. The van der Waals surface area contributed by atoms with Crippen LogP contribution in [0, 0.1) is 0 Å². The van der Waals surface area contributed by atoms with Gasteiger partial charge in [0.05, 0.1) is 6.04 Å². The SMILES string of the molecule is CN1CCN([C@@H](CNC(=O)c2cc3ccccc3oc2=O)c2ccsc2)CC1. The Morgan fingerprint density at radius 2 is 2.00 bits per heavy atom. The summed E-state index contributed by atoms with van der Waals surface area (Å²) in [6.07, 6.45) is 0. The summed E-state index contributed by atoms with van der Waals surface area (Å²) < 4.78 is 5.29. The van der Waals surface area contributed by atoms with Crippen molar-refractivity contribution in [2.24, 2.45) is 0 Å². The van der Waals surface area contributed by atoms with Crippen LogP contribution in [0.4, 0.5) is 0 Å². The molecule has 0 radical (unpaired) electrons. The normalized spacial score (nSPS) is 16.9. The van der Waals surface area contributed by atoms with Gasteiger partial charge in [0.1, 0.15) is 11.1 Å². The summed E-state index contributed by atoms with van der Waals surface area (Å²) in [5.74, 6) is -0.395. The molecule has 4 rings (SSSR count). The lowest BCUT2D eigenvalue weighted by molar-refractivity contribution is 0.0884. The highest BCUT2D eigenvalue weighted by molar-refractivity contribution is 7.07. The summed E-state index contributed by atoms with van der Waals surface area (Å²) in [5, 5.41) is 7.87. The summed E-state index contributed by atoms with van der Waals surface area (Å²) in [4.78, 5) is 29.7. The van der Waals surface area contributed by atoms with Gasteiger partial charge < -0.3 is 14.6 Å². The molecule has 28 heavy (non-hydrogen) atoms. The average Bonchev–Trinajstić information content (AvgIpc) is 3.23. The number of rotatable bonds is 5. The van der Waals surface area contributed by atoms with E-state index in [0.29, 0.717) is 12.1 Å². The van der Waals surface area contributed by atoms with Gasteiger partial charge in [0, 0.05) is 38.1 Å². The van der Waals surface area contributed by atoms with Gasteiger partial charge in [-0.15, -0.1) is 0 Å². The van der Waals surface area contributed by atoms with Crippen molar-refractivity contribution in [2.45, 2.75) is 6.04 Å². The first-order valence-electron chi connectivity index (χ1n) is 9.37. The molecular formula is C21H23N3O3S. The molecule has 1 atom stereocenters. The first-order valence-corrected chi connectivity index (χ1v) is 10.3. The van der Waals surface area contributed by atoms with Gasteiger partial charge in [-0.1, -0.05) is 18.2 Å². The fourth-order valence-electron chi connectivity index (χ4n) is 3.56. The molecule has 0 aliphatic carbocycles. The number of likely N-dealkylation sites (N-methyl/N-ethyl adjacent to an activating group) is 1. The molecule has 1 N–H and O–H groups in total. The van der Waals surface area contributed by atoms with Crippen LogP contribution in [0.3, 0.4) is 0 Å². The maximum atomic E-state index is 12.7. The summed E-state index contributed by atoms with van der Waals surface area (Å²) in [6.45, 7) is 4.35. The molecule has 1 amide bonds. The van der Waals surface area contributed by atoms with Gasteiger partial charge >= 0.3 is 5.63 Å². The molecule has 0 bridgehead atoms. The summed E-state index contributed by atoms with van der Waals surface area (Å²) in [6, 6.07) is 11.0. The summed E-state index contributed by atoms with van der Waals surface area (Å²) in [7, 11) is 2.12. The number of carbonyl (C=O) groups excluding carboxylic acids is 1. The minimum Gasteiger partial charge on any atom is -0.422 e. The molecule has 0 spiro atoms. The molecule has 7 heteroatoms. The van der Waals surface area contributed by atoms with Gasteiger partial charge in [0.25, 0.3) is 5.91 Å². The number of nitrogens with zero attached hydrogens (tertiary/aromatic N) is 2. The fourth-order valence-corrected chi connectivity index (χ4v) is 4.27. The Balaban J connectivity index is 1.51. The average molecular weight is 398 g/mol. The van der Waals surface area contributed by atoms with Crippen molar-refractivity contribution < 1.29 is 9.21 Å². The van der Waals surface area contributed by atoms with E-state index in [9.17, 15) is 9.59 Å². The monoisotopic (exact) mass is 397 g/mol. The number of thiophene rings is 1. The first-order chi connectivity index (χ1) is 13.6. The number of para-hydroxylation sites is 1. The second kappa shape index (κ2) is 8.26. The zero-order valence-electron chi connectivity index (χ0n) is 15.8. The quantitative estimate of drug-likeness (QED) is 0.671. The second-order valence-corrected chi connectivity index (χ2v) is 7.89. The lowest BCUT2D eigenvalue weighted by Crippen LogP contribution is -2.48. The van der Waals surface area contributed by atoms with Crippen LogP contribution in [-0.4, -0.2) is 55.5 Å². The number of amides is 1. The van der Waals surface area contributed by atoms with Crippen molar-refractivity contribution in [1.29, 1.82) is 0 Å². The number of benzene rings is 1. The summed E-state index contributed by atoms with van der Waals surface area (Å²) >= 11 is 1.65. The highest BCUT2D eigenvalue weighted by atomic mass is 32.1. The third-order valence-corrected chi connectivity index (χ3v) is 5.95. The molecular weight excluding hydrogens is 374 g/mol. The molecule has 1 aliphatic rings. The largest absolute Gasteiger partial charge is 0.422 e. The van der Waals surface area contributed by atoms with E-state index in [1.54, 1.807) is 29.5 Å². The van der Waals surface area contributed by atoms with Crippen LogP contribution >= 0.6 is 11.3 Å². The zero-order chi connectivity index (χ0) is 19.5. The zero-order valence-corrected chi connectivity index (χ0v) is 16.6. The van der Waals surface area contributed by atoms with E-state index in [1.165, 1.54) is 5.56 Å². The van der Waals surface area contributed by atoms with E-state index >= 15 is 0 Å². The third-order valence-electron chi connectivity index (χ3n) is 5.25. The minimum absolute atomic E-state index is 0.0427. The molecule has 1 saturated heterocycles. The van der Waals surface area contributed by atoms with Crippen molar-refractivity contribution in [3.8, 4) is 0 Å². The lowest BCUT2D eigenvalue weighted by Gasteiger charge is -2.37. The Morgan fingerprint density at radius 1 is 1.21 bits per heavy atom. The molecule has 0 unspecified atom stereocenters. The van der Waals surface area contributed by atoms with Gasteiger partial charge in [0.15, 0.2) is 0 Å². The number of hydrogen-bond acceptors (Lipinski definition) is 6. The van der Waals surface area contributed by atoms with Crippen LogP contribution in [-0.2, 0) is 0 Å².